The van der Waals surface area contributed by atoms with Crippen LogP contribution in [-0.4, -0.2) is 25.2 Å². The summed E-state index contributed by atoms with van der Waals surface area (Å²) in [6, 6.07) is 12.8. The van der Waals surface area contributed by atoms with Gasteiger partial charge in [0.25, 0.3) is 0 Å². The Bertz CT molecular complexity index is 876. The average molecular weight is 368 g/mol. The van der Waals surface area contributed by atoms with Crippen LogP contribution in [0.3, 0.4) is 0 Å². The number of anilines is 2. The van der Waals surface area contributed by atoms with Crippen molar-refractivity contribution in [3.05, 3.63) is 48.0 Å². The van der Waals surface area contributed by atoms with Crippen molar-refractivity contribution in [1.29, 1.82) is 0 Å². The standard InChI is InChI=1S/C21H24N2O4/c1-5-23(16-8-6-7-14(2)11-16)20(25)21(3,4)19(24)22-15-9-10-17-18(12-15)27-13-26-17/h6-12H,5,13H2,1-4H3,(H,22,24). The first-order chi connectivity index (χ1) is 12.8. The van der Waals surface area contributed by atoms with Gasteiger partial charge in [-0.05, 0) is 57.5 Å². The predicted molar refractivity (Wildman–Crippen MR) is 104 cm³/mol. The molecular formula is C21H24N2O4. The number of fused-ring (bicyclic) bond motifs is 1. The summed E-state index contributed by atoms with van der Waals surface area (Å²) in [5.74, 6) is 0.582. The van der Waals surface area contributed by atoms with Gasteiger partial charge in [0, 0.05) is 24.0 Å². The van der Waals surface area contributed by atoms with Gasteiger partial charge in [0.2, 0.25) is 18.6 Å². The van der Waals surface area contributed by atoms with Crippen LogP contribution in [0.15, 0.2) is 42.5 Å². The van der Waals surface area contributed by atoms with Gasteiger partial charge < -0.3 is 19.7 Å². The molecule has 0 aliphatic carbocycles. The maximum Gasteiger partial charge on any atom is 0.242 e. The molecule has 2 aromatic rings. The molecule has 0 unspecified atom stereocenters. The van der Waals surface area contributed by atoms with E-state index in [9.17, 15) is 9.59 Å². The summed E-state index contributed by atoms with van der Waals surface area (Å²) in [4.78, 5) is 27.6. The van der Waals surface area contributed by atoms with Crippen molar-refractivity contribution >= 4 is 23.2 Å². The van der Waals surface area contributed by atoms with Crippen LogP contribution in [-0.2, 0) is 9.59 Å². The van der Waals surface area contributed by atoms with Gasteiger partial charge in [0.05, 0.1) is 0 Å². The first-order valence-corrected chi connectivity index (χ1v) is 8.92. The lowest BCUT2D eigenvalue weighted by Crippen LogP contribution is -2.47. The van der Waals surface area contributed by atoms with Gasteiger partial charge in [0.15, 0.2) is 11.5 Å². The molecule has 0 saturated carbocycles. The third-order valence-electron chi connectivity index (χ3n) is 4.61. The lowest BCUT2D eigenvalue weighted by molar-refractivity contribution is -0.136. The second kappa shape index (κ2) is 7.31. The molecule has 0 bridgehead atoms. The molecule has 2 aromatic carbocycles. The molecular weight excluding hydrogens is 344 g/mol. The van der Waals surface area contributed by atoms with Crippen LogP contribution in [0.4, 0.5) is 11.4 Å². The van der Waals surface area contributed by atoms with E-state index in [1.54, 1.807) is 36.9 Å². The summed E-state index contributed by atoms with van der Waals surface area (Å²) in [6.07, 6.45) is 0. The predicted octanol–water partition coefficient (Wildman–Crippen LogP) is 3.74. The van der Waals surface area contributed by atoms with E-state index in [0.29, 0.717) is 23.7 Å². The molecule has 6 nitrogen and oxygen atoms in total. The van der Waals surface area contributed by atoms with E-state index < -0.39 is 5.41 Å². The molecule has 1 N–H and O–H groups in total. The summed E-state index contributed by atoms with van der Waals surface area (Å²) in [5.41, 5.74) is 1.16. The van der Waals surface area contributed by atoms with Crippen molar-refractivity contribution in [2.45, 2.75) is 27.7 Å². The number of carbonyl (C=O) groups excluding carboxylic acids is 2. The fraction of sp³-hybridized carbons (Fsp3) is 0.333. The van der Waals surface area contributed by atoms with Crippen LogP contribution in [0.2, 0.25) is 0 Å². The maximum atomic E-state index is 13.1. The van der Waals surface area contributed by atoms with Gasteiger partial charge in [0.1, 0.15) is 5.41 Å². The van der Waals surface area contributed by atoms with Gasteiger partial charge in [-0.15, -0.1) is 0 Å². The molecule has 1 aliphatic heterocycles. The van der Waals surface area contributed by atoms with Crippen molar-refractivity contribution in [3.8, 4) is 11.5 Å². The Balaban J connectivity index is 1.79. The highest BCUT2D eigenvalue weighted by atomic mass is 16.7. The Labute approximate surface area is 159 Å². The second-order valence-electron chi connectivity index (χ2n) is 7.04. The maximum absolute atomic E-state index is 13.1. The molecule has 0 saturated heterocycles. The van der Waals surface area contributed by atoms with Crippen LogP contribution in [0.1, 0.15) is 26.3 Å². The first-order valence-electron chi connectivity index (χ1n) is 8.92. The molecule has 1 heterocycles. The van der Waals surface area contributed by atoms with Crippen molar-refractivity contribution in [2.75, 3.05) is 23.6 Å². The highest BCUT2D eigenvalue weighted by Crippen LogP contribution is 2.35. The average Bonchev–Trinajstić information content (AvgIpc) is 3.10. The number of rotatable bonds is 5. The summed E-state index contributed by atoms with van der Waals surface area (Å²) in [6.45, 7) is 7.78. The zero-order valence-electron chi connectivity index (χ0n) is 16.0. The number of ether oxygens (including phenoxy) is 2. The minimum atomic E-state index is -1.24. The van der Waals surface area contributed by atoms with Crippen molar-refractivity contribution in [3.63, 3.8) is 0 Å². The minimum Gasteiger partial charge on any atom is -0.454 e. The topological polar surface area (TPSA) is 67.9 Å². The lowest BCUT2D eigenvalue weighted by atomic mass is 9.89. The Morgan fingerprint density at radius 3 is 2.56 bits per heavy atom. The van der Waals surface area contributed by atoms with E-state index in [4.69, 9.17) is 9.47 Å². The van der Waals surface area contributed by atoms with Gasteiger partial charge in [-0.2, -0.15) is 0 Å². The molecule has 27 heavy (non-hydrogen) atoms. The Morgan fingerprint density at radius 1 is 1.11 bits per heavy atom. The highest BCUT2D eigenvalue weighted by molar-refractivity contribution is 6.14. The number of hydrogen-bond acceptors (Lipinski definition) is 4. The summed E-state index contributed by atoms with van der Waals surface area (Å²) < 4.78 is 10.6. The summed E-state index contributed by atoms with van der Waals surface area (Å²) in [5, 5.41) is 2.81. The van der Waals surface area contributed by atoms with Crippen LogP contribution in [0.5, 0.6) is 11.5 Å². The van der Waals surface area contributed by atoms with Crippen molar-refractivity contribution < 1.29 is 19.1 Å². The zero-order chi connectivity index (χ0) is 19.6. The zero-order valence-corrected chi connectivity index (χ0v) is 16.0. The number of hydrogen-bond donors (Lipinski definition) is 1. The van der Waals surface area contributed by atoms with Crippen molar-refractivity contribution in [2.24, 2.45) is 5.41 Å². The van der Waals surface area contributed by atoms with Gasteiger partial charge in [-0.3, -0.25) is 9.59 Å². The highest BCUT2D eigenvalue weighted by Gasteiger charge is 2.39. The number of nitrogens with zero attached hydrogens (tertiary/aromatic N) is 1. The third-order valence-corrected chi connectivity index (χ3v) is 4.61. The monoisotopic (exact) mass is 368 g/mol. The Morgan fingerprint density at radius 2 is 1.85 bits per heavy atom. The second-order valence-corrected chi connectivity index (χ2v) is 7.04. The SMILES string of the molecule is CCN(C(=O)C(C)(C)C(=O)Nc1ccc2c(c1)OCO2)c1cccc(C)c1. The normalized spacial score (nSPS) is 12.6. The fourth-order valence-corrected chi connectivity index (χ4v) is 2.94. The third kappa shape index (κ3) is 3.74. The van der Waals surface area contributed by atoms with E-state index in [2.05, 4.69) is 5.32 Å². The quantitative estimate of drug-likeness (QED) is 0.817. The number of aryl methyl sites for hydroxylation is 1. The van der Waals surface area contributed by atoms with E-state index in [1.165, 1.54) is 0 Å². The van der Waals surface area contributed by atoms with Crippen molar-refractivity contribution in [1.82, 2.24) is 0 Å². The fourth-order valence-electron chi connectivity index (χ4n) is 2.94. The Kier molecular flexibility index (Phi) is 5.08. The van der Waals surface area contributed by atoms with Crippen LogP contribution < -0.4 is 19.7 Å². The van der Waals surface area contributed by atoms with E-state index in [0.717, 1.165) is 11.3 Å². The first kappa shape index (κ1) is 18.8. The Hall–Kier alpha value is -3.02. The lowest BCUT2D eigenvalue weighted by Gasteiger charge is -2.30. The van der Waals surface area contributed by atoms with E-state index in [1.807, 2.05) is 38.1 Å². The number of nitrogens with one attached hydrogen (secondary N) is 1. The molecule has 142 valence electrons. The van der Waals surface area contributed by atoms with Crippen LogP contribution in [0.25, 0.3) is 0 Å². The number of amides is 2. The number of benzene rings is 2. The molecule has 1 aliphatic rings. The van der Waals surface area contributed by atoms with E-state index in [-0.39, 0.29) is 18.6 Å². The molecule has 0 aromatic heterocycles. The van der Waals surface area contributed by atoms with Crippen LogP contribution >= 0.6 is 0 Å². The number of carbonyl (C=O) groups is 2. The van der Waals surface area contributed by atoms with Crippen LogP contribution in [0, 0.1) is 12.3 Å². The molecule has 0 radical (unpaired) electrons. The molecule has 0 spiro atoms. The summed E-state index contributed by atoms with van der Waals surface area (Å²) in [7, 11) is 0. The molecule has 2 amide bonds. The van der Waals surface area contributed by atoms with Gasteiger partial charge in [-0.25, -0.2) is 0 Å². The molecule has 0 atom stereocenters. The van der Waals surface area contributed by atoms with Gasteiger partial charge >= 0.3 is 0 Å². The van der Waals surface area contributed by atoms with E-state index >= 15 is 0 Å². The largest absolute Gasteiger partial charge is 0.454 e. The summed E-state index contributed by atoms with van der Waals surface area (Å²) >= 11 is 0. The molecule has 0 fully saturated rings. The van der Waals surface area contributed by atoms with Gasteiger partial charge in [-0.1, -0.05) is 12.1 Å². The smallest absolute Gasteiger partial charge is 0.242 e. The minimum absolute atomic E-state index is 0.165. The molecule has 6 heteroatoms. The molecule has 3 rings (SSSR count).